The Kier molecular flexibility index (Phi) is 6.35. The highest BCUT2D eigenvalue weighted by atomic mass is 35.5. The first-order chi connectivity index (χ1) is 7.82. The third-order valence-corrected chi connectivity index (χ3v) is 2.90. The lowest BCUT2D eigenvalue weighted by Crippen LogP contribution is -2.44. The molecule has 5 nitrogen and oxygen atoms in total. The van der Waals surface area contributed by atoms with Crippen LogP contribution in [0.1, 0.15) is 38.1 Å². The SMILES string of the molecule is Cc1nn(C)cc1C(C)NC(=O)[C@@H](N)C(C)C.Cl. The highest BCUT2D eigenvalue weighted by Gasteiger charge is 2.20. The van der Waals surface area contributed by atoms with Gasteiger partial charge in [-0.05, 0) is 19.8 Å². The van der Waals surface area contributed by atoms with E-state index in [1.165, 1.54) is 0 Å². The van der Waals surface area contributed by atoms with Crippen molar-refractivity contribution in [1.82, 2.24) is 15.1 Å². The summed E-state index contributed by atoms with van der Waals surface area (Å²) >= 11 is 0. The summed E-state index contributed by atoms with van der Waals surface area (Å²) in [4.78, 5) is 11.8. The minimum absolute atomic E-state index is 0. The van der Waals surface area contributed by atoms with Gasteiger partial charge in [0.15, 0.2) is 0 Å². The highest BCUT2D eigenvalue weighted by molar-refractivity contribution is 5.85. The van der Waals surface area contributed by atoms with Gasteiger partial charge in [0.05, 0.1) is 17.8 Å². The number of carbonyl (C=O) groups is 1. The largest absolute Gasteiger partial charge is 0.348 e. The van der Waals surface area contributed by atoms with Crippen LogP contribution >= 0.6 is 12.4 Å². The van der Waals surface area contributed by atoms with Crippen molar-refractivity contribution in [2.45, 2.75) is 39.8 Å². The molecule has 1 unspecified atom stereocenters. The van der Waals surface area contributed by atoms with E-state index in [-0.39, 0.29) is 30.3 Å². The molecule has 1 rings (SSSR count). The smallest absolute Gasteiger partial charge is 0.237 e. The van der Waals surface area contributed by atoms with Gasteiger partial charge < -0.3 is 11.1 Å². The van der Waals surface area contributed by atoms with Crippen molar-refractivity contribution in [3.8, 4) is 0 Å². The standard InChI is InChI=1S/C12H22N4O.ClH/c1-7(2)11(13)12(17)14-8(3)10-6-16(5)15-9(10)4;/h6-8,11H,13H2,1-5H3,(H,14,17);1H/t8?,11-;/m0./s1. The van der Waals surface area contributed by atoms with Gasteiger partial charge in [0.1, 0.15) is 0 Å². The Balaban J connectivity index is 0.00000289. The molecule has 0 aromatic carbocycles. The molecule has 6 heteroatoms. The average Bonchev–Trinajstić information content (AvgIpc) is 2.56. The van der Waals surface area contributed by atoms with Crippen LogP contribution in [-0.4, -0.2) is 21.7 Å². The fourth-order valence-corrected chi connectivity index (χ4v) is 1.73. The number of hydrogen-bond acceptors (Lipinski definition) is 3. The number of amides is 1. The van der Waals surface area contributed by atoms with E-state index in [2.05, 4.69) is 10.4 Å². The Morgan fingerprint density at radius 2 is 2.00 bits per heavy atom. The fraction of sp³-hybridized carbons (Fsp3) is 0.667. The molecule has 0 saturated carbocycles. The summed E-state index contributed by atoms with van der Waals surface area (Å²) in [6.45, 7) is 7.74. The van der Waals surface area contributed by atoms with Crippen molar-refractivity contribution in [2.24, 2.45) is 18.7 Å². The molecular formula is C12H23ClN4O. The predicted molar refractivity (Wildman–Crippen MR) is 74.6 cm³/mol. The molecule has 1 aromatic heterocycles. The molecule has 1 heterocycles. The van der Waals surface area contributed by atoms with E-state index in [1.807, 2.05) is 40.9 Å². The van der Waals surface area contributed by atoms with E-state index >= 15 is 0 Å². The summed E-state index contributed by atoms with van der Waals surface area (Å²) in [5, 5.41) is 7.17. The third kappa shape index (κ3) is 3.99. The van der Waals surface area contributed by atoms with Gasteiger partial charge in [0, 0.05) is 18.8 Å². The number of nitrogens with two attached hydrogens (primary N) is 1. The summed E-state index contributed by atoms with van der Waals surface area (Å²) in [5.41, 5.74) is 7.75. The number of nitrogens with one attached hydrogen (secondary N) is 1. The van der Waals surface area contributed by atoms with Crippen molar-refractivity contribution in [1.29, 1.82) is 0 Å². The van der Waals surface area contributed by atoms with Gasteiger partial charge in [-0.15, -0.1) is 12.4 Å². The average molecular weight is 275 g/mol. The van der Waals surface area contributed by atoms with Gasteiger partial charge in [-0.3, -0.25) is 9.48 Å². The van der Waals surface area contributed by atoms with E-state index in [4.69, 9.17) is 5.73 Å². The Bertz CT molecular complexity index is 403. The monoisotopic (exact) mass is 274 g/mol. The van der Waals surface area contributed by atoms with Crippen LogP contribution in [0.3, 0.4) is 0 Å². The summed E-state index contributed by atoms with van der Waals surface area (Å²) in [6.07, 6.45) is 1.92. The number of hydrogen-bond donors (Lipinski definition) is 2. The zero-order valence-corrected chi connectivity index (χ0v) is 12.4. The predicted octanol–water partition coefficient (Wildman–Crippen LogP) is 1.31. The third-order valence-electron chi connectivity index (χ3n) is 2.90. The van der Waals surface area contributed by atoms with Crippen LogP contribution in [0, 0.1) is 12.8 Å². The molecule has 0 bridgehead atoms. The molecule has 104 valence electrons. The topological polar surface area (TPSA) is 72.9 Å². The molecule has 2 atom stereocenters. The highest BCUT2D eigenvalue weighted by Crippen LogP contribution is 2.15. The molecule has 1 aromatic rings. The Labute approximate surface area is 115 Å². The second-order valence-electron chi connectivity index (χ2n) is 4.84. The van der Waals surface area contributed by atoms with Crippen molar-refractivity contribution < 1.29 is 4.79 Å². The fourth-order valence-electron chi connectivity index (χ4n) is 1.73. The summed E-state index contributed by atoms with van der Waals surface area (Å²) in [6, 6.07) is -0.532. The number of rotatable bonds is 4. The molecule has 1 amide bonds. The zero-order valence-electron chi connectivity index (χ0n) is 11.6. The van der Waals surface area contributed by atoms with Crippen molar-refractivity contribution in [2.75, 3.05) is 0 Å². The number of halogens is 1. The Morgan fingerprint density at radius 3 is 2.39 bits per heavy atom. The quantitative estimate of drug-likeness (QED) is 0.869. The maximum atomic E-state index is 11.8. The first-order valence-corrected chi connectivity index (χ1v) is 5.89. The summed E-state index contributed by atoms with van der Waals surface area (Å²) < 4.78 is 1.75. The van der Waals surface area contributed by atoms with Gasteiger partial charge in [-0.1, -0.05) is 13.8 Å². The van der Waals surface area contributed by atoms with E-state index in [9.17, 15) is 4.79 Å². The van der Waals surface area contributed by atoms with E-state index < -0.39 is 6.04 Å². The van der Waals surface area contributed by atoms with Crippen LogP contribution in [0.15, 0.2) is 6.20 Å². The van der Waals surface area contributed by atoms with Crippen LogP contribution in [0.25, 0.3) is 0 Å². The van der Waals surface area contributed by atoms with Crippen LogP contribution in [0.5, 0.6) is 0 Å². The van der Waals surface area contributed by atoms with Gasteiger partial charge in [0.2, 0.25) is 5.91 Å². The Morgan fingerprint density at radius 1 is 1.44 bits per heavy atom. The molecule has 0 radical (unpaired) electrons. The summed E-state index contributed by atoms with van der Waals surface area (Å²) in [5.74, 6) is 0.0212. The van der Waals surface area contributed by atoms with Gasteiger partial charge in [-0.2, -0.15) is 5.10 Å². The molecular weight excluding hydrogens is 252 g/mol. The lowest BCUT2D eigenvalue weighted by atomic mass is 10.0. The number of aromatic nitrogens is 2. The number of aryl methyl sites for hydroxylation is 2. The molecule has 0 saturated heterocycles. The number of nitrogens with zero attached hydrogens (tertiary/aromatic N) is 2. The van der Waals surface area contributed by atoms with Crippen molar-refractivity contribution in [3.63, 3.8) is 0 Å². The molecule has 0 fully saturated rings. The molecule has 0 aliphatic carbocycles. The molecule has 18 heavy (non-hydrogen) atoms. The lowest BCUT2D eigenvalue weighted by molar-refractivity contribution is -0.123. The van der Waals surface area contributed by atoms with Crippen LogP contribution < -0.4 is 11.1 Å². The molecule has 0 spiro atoms. The molecule has 0 aliphatic rings. The second-order valence-corrected chi connectivity index (χ2v) is 4.84. The van der Waals surface area contributed by atoms with Crippen molar-refractivity contribution >= 4 is 18.3 Å². The van der Waals surface area contributed by atoms with Gasteiger partial charge in [0.25, 0.3) is 0 Å². The normalized spacial score (nSPS) is 13.9. The first kappa shape index (κ1) is 16.9. The minimum Gasteiger partial charge on any atom is -0.348 e. The van der Waals surface area contributed by atoms with Crippen molar-refractivity contribution in [3.05, 3.63) is 17.5 Å². The van der Waals surface area contributed by atoms with E-state index in [0.717, 1.165) is 11.3 Å². The second kappa shape index (κ2) is 6.75. The minimum atomic E-state index is -0.463. The van der Waals surface area contributed by atoms with Crippen LogP contribution in [0.2, 0.25) is 0 Å². The zero-order chi connectivity index (χ0) is 13.2. The Hall–Kier alpha value is -1.07. The maximum absolute atomic E-state index is 11.8. The molecule has 3 N–H and O–H groups in total. The van der Waals surface area contributed by atoms with Gasteiger partial charge in [-0.25, -0.2) is 0 Å². The molecule has 0 aliphatic heterocycles. The van der Waals surface area contributed by atoms with E-state index in [1.54, 1.807) is 4.68 Å². The maximum Gasteiger partial charge on any atom is 0.237 e. The van der Waals surface area contributed by atoms with Crippen LogP contribution in [-0.2, 0) is 11.8 Å². The lowest BCUT2D eigenvalue weighted by Gasteiger charge is -2.19. The first-order valence-electron chi connectivity index (χ1n) is 5.89. The van der Waals surface area contributed by atoms with Gasteiger partial charge >= 0.3 is 0 Å². The van der Waals surface area contributed by atoms with E-state index in [0.29, 0.717) is 0 Å². The summed E-state index contributed by atoms with van der Waals surface area (Å²) in [7, 11) is 1.87. The number of carbonyl (C=O) groups excluding carboxylic acids is 1. The van der Waals surface area contributed by atoms with Crippen LogP contribution in [0.4, 0.5) is 0 Å².